The van der Waals surface area contributed by atoms with E-state index in [0.29, 0.717) is 18.5 Å². The molecule has 0 fully saturated rings. The first-order chi connectivity index (χ1) is 12.7. The number of carbonyl (C=O) groups is 2. The van der Waals surface area contributed by atoms with Crippen LogP contribution in [0.5, 0.6) is 0 Å². The van der Waals surface area contributed by atoms with E-state index >= 15 is 0 Å². The van der Waals surface area contributed by atoms with Crippen molar-refractivity contribution in [2.45, 2.75) is 13.5 Å². The van der Waals surface area contributed by atoms with Crippen molar-refractivity contribution in [3.8, 4) is 11.3 Å². The molecule has 0 aliphatic rings. The van der Waals surface area contributed by atoms with Gasteiger partial charge in [0.15, 0.2) is 6.29 Å². The number of hydrogen-bond donors (Lipinski definition) is 0. The van der Waals surface area contributed by atoms with Crippen LogP contribution in [0.25, 0.3) is 11.3 Å². The van der Waals surface area contributed by atoms with E-state index in [4.69, 9.17) is 16.3 Å². The average Bonchev–Trinajstić information content (AvgIpc) is 2.95. The van der Waals surface area contributed by atoms with Gasteiger partial charge in [0.1, 0.15) is 5.15 Å². The van der Waals surface area contributed by atoms with Gasteiger partial charge in [0.25, 0.3) is 0 Å². The second-order valence-electron chi connectivity index (χ2n) is 5.70. The lowest BCUT2D eigenvalue weighted by Crippen LogP contribution is -2.09. The number of hydrogen-bond acceptors (Lipinski definition) is 3. The highest BCUT2D eigenvalue weighted by Gasteiger charge is 2.28. The van der Waals surface area contributed by atoms with Gasteiger partial charge < -0.3 is 9.30 Å². The molecular formula is C21H18ClNO3. The Labute approximate surface area is 157 Å². The molecule has 0 bridgehead atoms. The van der Waals surface area contributed by atoms with Gasteiger partial charge in [0.05, 0.1) is 23.4 Å². The largest absolute Gasteiger partial charge is 0.462 e. The van der Waals surface area contributed by atoms with Gasteiger partial charge in [0, 0.05) is 6.54 Å². The summed E-state index contributed by atoms with van der Waals surface area (Å²) in [5, 5.41) is 0.228. The Bertz CT molecular complexity index is 917. The molecule has 3 aromatic rings. The number of benzene rings is 2. The zero-order valence-corrected chi connectivity index (χ0v) is 15.1. The van der Waals surface area contributed by atoms with Crippen LogP contribution in [0.1, 0.15) is 33.2 Å². The fourth-order valence-corrected chi connectivity index (χ4v) is 3.22. The predicted octanol–water partition coefficient (Wildman–Crippen LogP) is 4.85. The van der Waals surface area contributed by atoms with Crippen molar-refractivity contribution < 1.29 is 14.3 Å². The summed E-state index contributed by atoms with van der Waals surface area (Å²) in [5.74, 6) is -0.554. The molecule has 1 aromatic heterocycles. The molecule has 0 N–H and O–H groups in total. The van der Waals surface area contributed by atoms with E-state index in [0.717, 1.165) is 11.1 Å². The van der Waals surface area contributed by atoms with Crippen molar-refractivity contribution in [1.82, 2.24) is 4.57 Å². The molecule has 3 rings (SSSR count). The number of carbonyl (C=O) groups excluding carboxylic acids is 2. The number of nitrogens with zero attached hydrogens (tertiary/aromatic N) is 1. The summed E-state index contributed by atoms with van der Waals surface area (Å²) in [4.78, 5) is 24.3. The first-order valence-electron chi connectivity index (χ1n) is 8.31. The van der Waals surface area contributed by atoms with Crippen molar-refractivity contribution in [1.29, 1.82) is 0 Å². The van der Waals surface area contributed by atoms with Gasteiger partial charge in [-0.2, -0.15) is 0 Å². The van der Waals surface area contributed by atoms with E-state index in [2.05, 4.69) is 0 Å². The number of halogens is 1. The van der Waals surface area contributed by atoms with Gasteiger partial charge >= 0.3 is 5.97 Å². The summed E-state index contributed by atoms with van der Waals surface area (Å²) in [6.45, 7) is 2.38. The fourth-order valence-electron chi connectivity index (χ4n) is 2.94. The maximum Gasteiger partial charge on any atom is 0.341 e. The Morgan fingerprint density at radius 2 is 1.69 bits per heavy atom. The van der Waals surface area contributed by atoms with Crippen LogP contribution < -0.4 is 0 Å². The van der Waals surface area contributed by atoms with Crippen molar-refractivity contribution in [2.24, 2.45) is 0 Å². The molecule has 0 spiro atoms. The zero-order chi connectivity index (χ0) is 18.5. The Morgan fingerprint density at radius 3 is 2.27 bits per heavy atom. The normalized spacial score (nSPS) is 10.5. The van der Waals surface area contributed by atoms with E-state index in [1.54, 1.807) is 11.5 Å². The quantitative estimate of drug-likeness (QED) is 0.462. The summed E-state index contributed by atoms with van der Waals surface area (Å²) in [5.41, 5.74) is 2.74. The van der Waals surface area contributed by atoms with Gasteiger partial charge in [0.2, 0.25) is 0 Å². The Kier molecular flexibility index (Phi) is 5.54. The first-order valence-corrected chi connectivity index (χ1v) is 8.68. The summed E-state index contributed by atoms with van der Waals surface area (Å²) in [7, 11) is 0. The van der Waals surface area contributed by atoms with E-state index in [1.807, 2.05) is 60.7 Å². The van der Waals surface area contributed by atoms with Crippen LogP contribution in [0.15, 0.2) is 60.7 Å². The van der Waals surface area contributed by atoms with E-state index in [-0.39, 0.29) is 22.9 Å². The molecule has 0 amide bonds. The van der Waals surface area contributed by atoms with Gasteiger partial charge in [-0.25, -0.2) is 4.79 Å². The molecule has 1 heterocycles. The second kappa shape index (κ2) is 8.02. The molecule has 4 nitrogen and oxygen atoms in total. The van der Waals surface area contributed by atoms with Crippen LogP contribution in [0.3, 0.4) is 0 Å². The lowest BCUT2D eigenvalue weighted by Gasteiger charge is -2.12. The molecule has 2 aromatic carbocycles. The lowest BCUT2D eigenvalue weighted by molar-refractivity contribution is 0.0525. The third-order valence-corrected chi connectivity index (χ3v) is 4.47. The summed E-state index contributed by atoms with van der Waals surface area (Å²) < 4.78 is 6.96. The standard InChI is InChI=1S/C21H18ClNO3/c1-2-26-21(25)18-17(14-24)20(22)23(13-15-9-5-3-6-10-15)19(18)16-11-7-4-8-12-16/h3-12,14H,2,13H2,1H3. The van der Waals surface area contributed by atoms with E-state index in [1.165, 1.54) is 0 Å². The second-order valence-corrected chi connectivity index (χ2v) is 6.06. The molecule has 5 heteroatoms. The summed E-state index contributed by atoms with van der Waals surface area (Å²) in [6, 6.07) is 19.1. The van der Waals surface area contributed by atoms with Gasteiger partial charge in [-0.15, -0.1) is 0 Å². The monoisotopic (exact) mass is 367 g/mol. The molecule has 0 saturated heterocycles. The van der Waals surface area contributed by atoms with Crippen molar-refractivity contribution in [3.05, 3.63) is 82.5 Å². The molecule has 26 heavy (non-hydrogen) atoms. The maximum atomic E-state index is 12.6. The van der Waals surface area contributed by atoms with Crippen molar-refractivity contribution in [2.75, 3.05) is 6.61 Å². The van der Waals surface area contributed by atoms with Gasteiger partial charge in [-0.3, -0.25) is 4.79 Å². The zero-order valence-electron chi connectivity index (χ0n) is 14.3. The highest BCUT2D eigenvalue weighted by molar-refractivity contribution is 6.33. The van der Waals surface area contributed by atoms with Crippen LogP contribution >= 0.6 is 11.6 Å². The van der Waals surface area contributed by atoms with Gasteiger partial charge in [-0.1, -0.05) is 72.3 Å². The van der Waals surface area contributed by atoms with Crippen LogP contribution in [-0.2, 0) is 11.3 Å². The molecular weight excluding hydrogens is 350 g/mol. The minimum absolute atomic E-state index is 0.153. The Hall–Kier alpha value is -2.85. The highest BCUT2D eigenvalue weighted by Crippen LogP contribution is 2.35. The van der Waals surface area contributed by atoms with Crippen LogP contribution in [0, 0.1) is 0 Å². The first kappa shape index (κ1) is 18.0. The highest BCUT2D eigenvalue weighted by atomic mass is 35.5. The van der Waals surface area contributed by atoms with Crippen LogP contribution in [0.4, 0.5) is 0 Å². The smallest absolute Gasteiger partial charge is 0.341 e. The van der Waals surface area contributed by atoms with Crippen LogP contribution in [-0.4, -0.2) is 23.4 Å². The topological polar surface area (TPSA) is 48.3 Å². The van der Waals surface area contributed by atoms with E-state index in [9.17, 15) is 9.59 Å². The SMILES string of the molecule is CCOC(=O)c1c(C=O)c(Cl)n(Cc2ccccc2)c1-c1ccccc1. The average molecular weight is 368 g/mol. The van der Waals surface area contributed by atoms with Gasteiger partial charge in [-0.05, 0) is 18.1 Å². The molecule has 0 unspecified atom stereocenters. The lowest BCUT2D eigenvalue weighted by atomic mass is 10.0. The van der Waals surface area contributed by atoms with Crippen LogP contribution in [0.2, 0.25) is 5.15 Å². The Balaban J connectivity index is 2.25. The van der Waals surface area contributed by atoms with Crippen molar-refractivity contribution in [3.63, 3.8) is 0 Å². The molecule has 132 valence electrons. The van der Waals surface area contributed by atoms with E-state index < -0.39 is 5.97 Å². The molecule has 0 aliphatic carbocycles. The molecule has 0 atom stereocenters. The molecule has 0 aliphatic heterocycles. The summed E-state index contributed by atoms with van der Waals surface area (Å²) in [6.07, 6.45) is 0.614. The third kappa shape index (κ3) is 3.41. The number of aldehydes is 1. The maximum absolute atomic E-state index is 12.6. The minimum Gasteiger partial charge on any atom is -0.462 e. The number of ether oxygens (including phenoxy) is 1. The number of esters is 1. The Morgan fingerprint density at radius 1 is 1.08 bits per heavy atom. The predicted molar refractivity (Wildman–Crippen MR) is 102 cm³/mol. The molecule has 0 saturated carbocycles. The minimum atomic E-state index is -0.554. The third-order valence-electron chi connectivity index (χ3n) is 4.06. The number of rotatable bonds is 6. The summed E-state index contributed by atoms with van der Waals surface area (Å²) >= 11 is 6.50. The molecule has 0 radical (unpaired) electrons. The van der Waals surface area contributed by atoms with Crippen molar-refractivity contribution >= 4 is 23.9 Å². The fraction of sp³-hybridized carbons (Fsp3) is 0.143. The number of aromatic nitrogens is 1.